The molecular weight excluding hydrogens is 778 g/mol. The predicted octanol–water partition coefficient (Wildman–Crippen LogP) is 17.3. The molecule has 0 spiro atoms. The van der Waals surface area contributed by atoms with Gasteiger partial charge in [-0.3, -0.25) is 0 Å². The molecule has 0 amide bonds. The van der Waals surface area contributed by atoms with E-state index in [0.29, 0.717) is 16.7 Å². The van der Waals surface area contributed by atoms with E-state index in [1.165, 1.54) is 33.4 Å². The van der Waals surface area contributed by atoms with E-state index in [4.69, 9.17) is 0 Å². The van der Waals surface area contributed by atoms with Gasteiger partial charge in [0, 0.05) is 16.7 Å². The summed E-state index contributed by atoms with van der Waals surface area (Å²) in [6.07, 6.45) is 0. The van der Waals surface area contributed by atoms with Crippen LogP contribution in [0, 0.1) is 59.0 Å². The number of hydrogen-bond donors (Lipinski definition) is 0. The van der Waals surface area contributed by atoms with Gasteiger partial charge < -0.3 is 0 Å². The molecule has 0 atom stereocenters. The molecule has 0 nitrogen and oxygen atoms in total. The molecule has 9 rings (SSSR count). The third-order valence-electron chi connectivity index (χ3n) is 11.1. The fourth-order valence-electron chi connectivity index (χ4n) is 7.22. The van der Waals surface area contributed by atoms with Gasteiger partial charge in [-0.25, -0.2) is 13.2 Å². The quantitative estimate of drug-likeness (QED) is 0.157. The standard InChI is InChI=1S/3C20H17F/c3*1-14-3-7-16(8-4-14)18-11-12-19(20(21)13-18)17-9-5-15(2)6-10-17/h3*3-13H,1-2H3. The molecule has 0 unspecified atom stereocenters. The first-order chi connectivity index (χ1) is 30.4. The van der Waals surface area contributed by atoms with Crippen LogP contribution in [0.25, 0.3) is 66.8 Å². The summed E-state index contributed by atoms with van der Waals surface area (Å²) >= 11 is 0. The summed E-state index contributed by atoms with van der Waals surface area (Å²) in [6, 6.07) is 64.5. The molecular formula is C60H51F3. The van der Waals surface area contributed by atoms with Crippen molar-refractivity contribution in [1.82, 2.24) is 0 Å². The summed E-state index contributed by atoms with van der Waals surface area (Å²) in [6.45, 7) is 12.2. The second kappa shape index (κ2) is 20.1. The molecule has 3 heteroatoms. The molecule has 0 aliphatic heterocycles. The molecule has 0 aliphatic rings. The van der Waals surface area contributed by atoms with Crippen molar-refractivity contribution in [1.29, 1.82) is 0 Å². The van der Waals surface area contributed by atoms with Crippen LogP contribution in [0.4, 0.5) is 13.2 Å². The van der Waals surface area contributed by atoms with Crippen molar-refractivity contribution in [2.75, 3.05) is 0 Å². The van der Waals surface area contributed by atoms with Crippen LogP contribution in [-0.2, 0) is 0 Å². The Bertz CT molecular complexity index is 2580. The third-order valence-corrected chi connectivity index (χ3v) is 11.1. The van der Waals surface area contributed by atoms with Gasteiger partial charge in [-0.15, -0.1) is 0 Å². The number of aryl methyl sites for hydroxylation is 6. The number of benzene rings is 9. The van der Waals surface area contributed by atoms with Gasteiger partial charge in [-0.2, -0.15) is 0 Å². The lowest BCUT2D eigenvalue weighted by Crippen LogP contribution is -1.87. The first-order valence-corrected chi connectivity index (χ1v) is 21.2. The zero-order chi connectivity index (χ0) is 44.5. The maximum absolute atomic E-state index is 14.4. The summed E-state index contributed by atoms with van der Waals surface area (Å²) in [7, 11) is 0. The fraction of sp³-hybridized carbons (Fsp3) is 0.100. The van der Waals surface area contributed by atoms with Crippen LogP contribution in [0.15, 0.2) is 200 Å². The normalized spacial score (nSPS) is 10.6. The molecule has 0 aromatic heterocycles. The molecule has 0 radical (unpaired) electrons. The summed E-state index contributed by atoms with van der Waals surface area (Å²) < 4.78 is 43.2. The monoisotopic (exact) mass is 828 g/mol. The Labute approximate surface area is 371 Å². The zero-order valence-corrected chi connectivity index (χ0v) is 36.7. The maximum Gasteiger partial charge on any atom is 0.131 e. The van der Waals surface area contributed by atoms with E-state index in [1.54, 1.807) is 18.2 Å². The van der Waals surface area contributed by atoms with Gasteiger partial charge in [0.25, 0.3) is 0 Å². The molecule has 0 fully saturated rings. The highest BCUT2D eigenvalue weighted by atomic mass is 19.1. The van der Waals surface area contributed by atoms with Gasteiger partial charge in [-0.1, -0.05) is 215 Å². The van der Waals surface area contributed by atoms with Crippen molar-refractivity contribution in [2.24, 2.45) is 0 Å². The van der Waals surface area contributed by atoms with E-state index >= 15 is 0 Å². The van der Waals surface area contributed by atoms with Crippen LogP contribution >= 0.6 is 0 Å². The lowest BCUT2D eigenvalue weighted by molar-refractivity contribution is 0.631. The van der Waals surface area contributed by atoms with Gasteiger partial charge in [0.1, 0.15) is 17.5 Å². The molecule has 0 heterocycles. The highest BCUT2D eigenvalue weighted by Gasteiger charge is 2.10. The van der Waals surface area contributed by atoms with Crippen molar-refractivity contribution in [2.45, 2.75) is 41.5 Å². The zero-order valence-electron chi connectivity index (χ0n) is 36.7. The van der Waals surface area contributed by atoms with Crippen LogP contribution < -0.4 is 0 Å². The summed E-state index contributed by atoms with van der Waals surface area (Å²) in [5.41, 5.74) is 17.6. The average molecular weight is 829 g/mol. The first-order valence-electron chi connectivity index (χ1n) is 21.2. The van der Waals surface area contributed by atoms with E-state index in [2.05, 4.69) is 0 Å². The fourth-order valence-corrected chi connectivity index (χ4v) is 7.22. The Kier molecular flexibility index (Phi) is 14.0. The van der Waals surface area contributed by atoms with Crippen molar-refractivity contribution >= 4 is 0 Å². The number of rotatable bonds is 6. The highest BCUT2D eigenvalue weighted by molar-refractivity contribution is 5.74. The summed E-state index contributed by atoms with van der Waals surface area (Å²) in [5.74, 6) is -0.550. The second-order valence-corrected chi connectivity index (χ2v) is 16.3. The Morgan fingerprint density at radius 3 is 0.524 bits per heavy atom. The van der Waals surface area contributed by atoms with Gasteiger partial charge in [-0.05, 0) is 110 Å². The first kappa shape index (κ1) is 43.8. The van der Waals surface area contributed by atoms with E-state index < -0.39 is 0 Å². The Hall–Kier alpha value is -7.23. The highest BCUT2D eigenvalue weighted by Crippen LogP contribution is 2.31. The molecule has 0 aliphatic carbocycles. The minimum atomic E-state index is -0.183. The molecule has 0 N–H and O–H groups in total. The van der Waals surface area contributed by atoms with Crippen molar-refractivity contribution in [3.8, 4) is 66.8 Å². The molecule has 0 saturated heterocycles. The lowest BCUT2D eigenvalue weighted by atomic mass is 9.98. The van der Waals surface area contributed by atoms with Crippen LogP contribution in [0.3, 0.4) is 0 Å². The molecule has 63 heavy (non-hydrogen) atoms. The SMILES string of the molecule is Cc1ccc(-c2ccc(-c3ccc(C)cc3)c(F)c2)cc1.Cc1ccc(-c2ccc(-c3ccc(C)cc3)c(F)c2)cc1.Cc1ccc(-c2ccc(-c3ccc(C)cc3)c(F)c2)cc1. The molecule has 9 aromatic carbocycles. The number of hydrogen-bond acceptors (Lipinski definition) is 0. The minimum Gasteiger partial charge on any atom is -0.206 e. The van der Waals surface area contributed by atoms with Crippen molar-refractivity contribution < 1.29 is 13.2 Å². The Balaban J connectivity index is 0.000000142. The maximum atomic E-state index is 14.4. The largest absolute Gasteiger partial charge is 0.206 e. The summed E-state index contributed by atoms with van der Waals surface area (Å²) in [5, 5.41) is 0. The second-order valence-electron chi connectivity index (χ2n) is 16.3. The molecule has 9 aromatic rings. The van der Waals surface area contributed by atoms with Gasteiger partial charge >= 0.3 is 0 Å². The van der Waals surface area contributed by atoms with E-state index in [-0.39, 0.29) is 17.5 Å². The lowest BCUT2D eigenvalue weighted by Gasteiger charge is -2.08. The molecule has 312 valence electrons. The Morgan fingerprint density at radius 2 is 0.349 bits per heavy atom. The van der Waals surface area contributed by atoms with Gasteiger partial charge in [0.2, 0.25) is 0 Å². The Morgan fingerprint density at radius 1 is 0.190 bits per heavy atom. The predicted molar refractivity (Wildman–Crippen MR) is 260 cm³/mol. The third kappa shape index (κ3) is 11.4. The van der Waals surface area contributed by atoms with Gasteiger partial charge in [0.15, 0.2) is 0 Å². The average Bonchev–Trinajstić information content (AvgIpc) is 3.29. The smallest absolute Gasteiger partial charge is 0.131 e. The minimum absolute atomic E-state index is 0.183. The number of halogens is 3. The van der Waals surface area contributed by atoms with E-state index in [1.807, 2.05) is 224 Å². The molecule has 0 bridgehead atoms. The van der Waals surface area contributed by atoms with Crippen LogP contribution in [0.1, 0.15) is 33.4 Å². The summed E-state index contributed by atoms with van der Waals surface area (Å²) in [4.78, 5) is 0. The van der Waals surface area contributed by atoms with Crippen LogP contribution in [-0.4, -0.2) is 0 Å². The van der Waals surface area contributed by atoms with E-state index in [9.17, 15) is 13.2 Å². The van der Waals surface area contributed by atoms with Crippen LogP contribution in [0.5, 0.6) is 0 Å². The van der Waals surface area contributed by atoms with Crippen molar-refractivity contribution in [3.63, 3.8) is 0 Å². The van der Waals surface area contributed by atoms with Gasteiger partial charge in [0.05, 0.1) is 0 Å². The topological polar surface area (TPSA) is 0 Å². The van der Waals surface area contributed by atoms with Crippen molar-refractivity contribution in [3.05, 3.63) is 251 Å². The van der Waals surface area contributed by atoms with Crippen LogP contribution in [0.2, 0.25) is 0 Å². The van der Waals surface area contributed by atoms with E-state index in [0.717, 1.165) is 50.1 Å². The molecule has 0 saturated carbocycles.